The predicted octanol–water partition coefficient (Wildman–Crippen LogP) is 7.77. The first-order valence-corrected chi connectivity index (χ1v) is 16.6. The van der Waals surface area contributed by atoms with Gasteiger partial charge in [-0.05, 0) is 115 Å². The molecule has 5 heteroatoms. The van der Waals surface area contributed by atoms with Crippen LogP contribution < -0.4 is 0 Å². The SMILES string of the molecule is C=C(CBr)[C@@H]1CC[C@]2(C(O)n3ccnc3)CC[C@]3(C)[C@H](CC[C@@H]4[C@@]5(C)CC[C@H](O)C(C)(C)[C@@H]5CC[C@]43C)[C@@H]12. The van der Waals surface area contributed by atoms with E-state index in [1.54, 1.807) is 6.20 Å². The number of allylic oxidation sites excluding steroid dienone is 1. The van der Waals surface area contributed by atoms with Crippen molar-refractivity contribution in [3.05, 3.63) is 30.9 Å². The van der Waals surface area contributed by atoms with Gasteiger partial charge in [-0.2, -0.15) is 0 Å². The van der Waals surface area contributed by atoms with Crippen molar-refractivity contribution in [2.45, 2.75) is 111 Å². The second-order valence-electron chi connectivity index (χ2n) is 15.6. The number of nitrogens with zero attached hydrogens (tertiary/aromatic N) is 2. The molecule has 212 valence electrons. The number of aromatic nitrogens is 2. The molecule has 0 radical (unpaired) electrons. The minimum absolute atomic E-state index is 0.00707. The molecular formula is C33H51BrN2O2. The van der Waals surface area contributed by atoms with Crippen molar-refractivity contribution in [2.24, 2.45) is 56.7 Å². The lowest BCUT2D eigenvalue weighted by molar-refractivity contribution is -0.257. The van der Waals surface area contributed by atoms with Crippen LogP contribution in [0.25, 0.3) is 0 Å². The Bertz CT molecular complexity index is 1070. The van der Waals surface area contributed by atoms with Gasteiger partial charge in [0.15, 0.2) is 0 Å². The fourth-order valence-electron chi connectivity index (χ4n) is 12.3. The van der Waals surface area contributed by atoms with Crippen molar-refractivity contribution in [1.29, 1.82) is 0 Å². The highest BCUT2D eigenvalue weighted by Gasteiger charge is 2.71. The Balaban J connectivity index is 1.41. The van der Waals surface area contributed by atoms with Crippen LogP contribution in [-0.4, -0.2) is 31.2 Å². The third-order valence-electron chi connectivity index (χ3n) is 14.5. The predicted molar refractivity (Wildman–Crippen MR) is 157 cm³/mol. The summed E-state index contributed by atoms with van der Waals surface area (Å²) in [5, 5.41) is 23.8. The summed E-state index contributed by atoms with van der Waals surface area (Å²) in [5.41, 5.74) is 2.04. The first-order valence-electron chi connectivity index (χ1n) is 15.4. The zero-order valence-corrected chi connectivity index (χ0v) is 26.0. The minimum Gasteiger partial charge on any atom is -0.393 e. The third kappa shape index (κ3) is 3.36. The van der Waals surface area contributed by atoms with Crippen LogP contribution in [-0.2, 0) is 0 Å². The Kier molecular flexibility index (Phi) is 6.46. The Labute approximate surface area is 239 Å². The Morgan fingerprint density at radius 3 is 2.42 bits per heavy atom. The van der Waals surface area contributed by atoms with Crippen LogP contribution in [0.5, 0.6) is 0 Å². The summed E-state index contributed by atoms with van der Waals surface area (Å²) in [7, 11) is 0. The summed E-state index contributed by atoms with van der Waals surface area (Å²) in [6, 6.07) is 0. The molecule has 1 aromatic heterocycles. The summed E-state index contributed by atoms with van der Waals surface area (Å²) in [6.07, 6.45) is 16.6. The molecule has 1 heterocycles. The van der Waals surface area contributed by atoms with E-state index in [-0.39, 0.29) is 27.8 Å². The number of halogens is 1. The first kappa shape index (κ1) is 27.5. The molecule has 5 fully saturated rings. The smallest absolute Gasteiger partial charge is 0.137 e. The number of fused-ring (bicyclic) bond motifs is 7. The molecule has 11 atom stereocenters. The van der Waals surface area contributed by atoms with E-state index in [2.05, 4.69) is 62.1 Å². The normalized spacial score (nSPS) is 50.3. The topological polar surface area (TPSA) is 58.3 Å². The Hall–Kier alpha value is -0.650. The number of alkyl halides is 1. The summed E-state index contributed by atoms with van der Waals surface area (Å²) in [5.74, 6) is 2.81. The molecule has 0 amide bonds. The summed E-state index contributed by atoms with van der Waals surface area (Å²) < 4.78 is 1.98. The van der Waals surface area contributed by atoms with E-state index in [1.807, 2.05) is 17.1 Å². The molecule has 0 aliphatic heterocycles. The summed E-state index contributed by atoms with van der Waals surface area (Å²) >= 11 is 3.77. The van der Waals surface area contributed by atoms with Crippen molar-refractivity contribution in [1.82, 2.24) is 9.55 Å². The zero-order chi connectivity index (χ0) is 27.3. The summed E-state index contributed by atoms with van der Waals surface area (Å²) in [6.45, 7) is 17.2. The van der Waals surface area contributed by atoms with Gasteiger partial charge in [0.1, 0.15) is 6.23 Å². The molecule has 5 aliphatic rings. The molecular weight excluding hydrogens is 536 g/mol. The molecule has 1 unspecified atom stereocenters. The number of imidazole rings is 1. The number of aliphatic hydroxyl groups excluding tert-OH is 2. The van der Waals surface area contributed by atoms with Crippen LogP contribution in [0.15, 0.2) is 30.9 Å². The third-order valence-corrected chi connectivity index (χ3v) is 15.2. The van der Waals surface area contributed by atoms with E-state index in [0.717, 1.165) is 31.0 Å². The maximum Gasteiger partial charge on any atom is 0.137 e. The minimum atomic E-state index is -0.521. The van der Waals surface area contributed by atoms with E-state index >= 15 is 0 Å². The highest BCUT2D eigenvalue weighted by molar-refractivity contribution is 9.09. The van der Waals surface area contributed by atoms with Gasteiger partial charge in [-0.3, -0.25) is 0 Å². The van der Waals surface area contributed by atoms with E-state index in [4.69, 9.17) is 0 Å². The van der Waals surface area contributed by atoms with Gasteiger partial charge < -0.3 is 14.8 Å². The van der Waals surface area contributed by atoms with Gasteiger partial charge in [0.05, 0.1) is 12.4 Å². The maximum absolute atomic E-state index is 12.0. The fourth-order valence-corrected chi connectivity index (χ4v) is 12.8. The highest BCUT2D eigenvalue weighted by atomic mass is 79.9. The van der Waals surface area contributed by atoms with Gasteiger partial charge in [0.2, 0.25) is 0 Å². The van der Waals surface area contributed by atoms with Crippen LogP contribution >= 0.6 is 15.9 Å². The second-order valence-corrected chi connectivity index (χ2v) is 16.2. The van der Waals surface area contributed by atoms with E-state index in [9.17, 15) is 10.2 Å². The lowest BCUT2D eigenvalue weighted by Gasteiger charge is -2.73. The summed E-state index contributed by atoms with van der Waals surface area (Å²) in [4.78, 5) is 4.30. The van der Waals surface area contributed by atoms with Gasteiger partial charge in [-0.1, -0.05) is 62.7 Å². The molecule has 6 rings (SSSR count). The average molecular weight is 588 g/mol. The second kappa shape index (κ2) is 8.92. The van der Waals surface area contributed by atoms with Crippen molar-refractivity contribution in [3.63, 3.8) is 0 Å². The van der Waals surface area contributed by atoms with Crippen LogP contribution in [0.2, 0.25) is 0 Å². The monoisotopic (exact) mass is 586 g/mol. The first-order chi connectivity index (χ1) is 17.9. The Morgan fingerprint density at radius 2 is 1.74 bits per heavy atom. The largest absolute Gasteiger partial charge is 0.393 e. The van der Waals surface area contributed by atoms with Gasteiger partial charge in [0.25, 0.3) is 0 Å². The standard InChI is InChI=1S/C33H51BrN2O2/c1-21(19-34)22-9-14-33(28(38)36-18-17-35-20-36)16-15-31(5)23(27(22)33)7-8-25-30(4)12-11-26(37)29(2,3)24(30)10-13-32(25,31)6/h17-18,20,22-28,37-38H,1,7-16,19H2,2-6H3/t22-,23+,24-,25+,26-,27+,28?,30-,31+,32+,33-/m0/s1. The van der Waals surface area contributed by atoms with Crippen LogP contribution in [0.1, 0.15) is 105 Å². The quantitative estimate of drug-likeness (QED) is 0.280. The molecule has 2 N–H and O–H groups in total. The maximum atomic E-state index is 12.0. The van der Waals surface area contributed by atoms with Gasteiger partial charge in [0, 0.05) is 23.1 Å². The number of hydrogen-bond acceptors (Lipinski definition) is 3. The van der Waals surface area contributed by atoms with Crippen molar-refractivity contribution in [2.75, 3.05) is 5.33 Å². The lowest BCUT2D eigenvalue weighted by atomic mass is 9.32. The van der Waals surface area contributed by atoms with Crippen LogP contribution in [0.3, 0.4) is 0 Å². The number of aliphatic hydroxyl groups is 2. The van der Waals surface area contributed by atoms with Crippen LogP contribution in [0, 0.1) is 56.7 Å². The van der Waals surface area contributed by atoms with E-state index in [0.29, 0.717) is 35.0 Å². The zero-order valence-electron chi connectivity index (χ0n) is 24.4. The van der Waals surface area contributed by atoms with E-state index < -0.39 is 6.23 Å². The van der Waals surface area contributed by atoms with Gasteiger partial charge in [-0.15, -0.1) is 0 Å². The molecule has 1 aromatic rings. The van der Waals surface area contributed by atoms with Crippen molar-refractivity contribution < 1.29 is 10.2 Å². The molecule has 0 saturated heterocycles. The van der Waals surface area contributed by atoms with Gasteiger partial charge in [-0.25, -0.2) is 4.98 Å². The molecule has 0 aromatic carbocycles. The lowest BCUT2D eigenvalue weighted by Crippen LogP contribution is -2.67. The molecule has 4 nitrogen and oxygen atoms in total. The molecule has 5 saturated carbocycles. The van der Waals surface area contributed by atoms with E-state index in [1.165, 1.54) is 44.1 Å². The van der Waals surface area contributed by atoms with Crippen molar-refractivity contribution >= 4 is 15.9 Å². The average Bonchev–Trinajstić information content (AvgIpc) is 3.55. The van der Waals surface area contributed by atoms with Crippen molar-refractivity contribution in [3.8, 4) is 0 Å². The molecule has 5 aliphatic carbocycles. The highest BCUT2D eigenvalue weighted by Crippen LogP contribution is 2.78. The Morgan fingerprint density at radius 1 is 0.974 bits per heavy atom. The number of rotatable bonds is 4. The fraction of sp³-hybridized carbons (Fsp3) is 0.848. The molecule has 0 spiro atoms. The number of hydrogen-bond donors (Lipinski definition) is 2. The van der Waals surface area contributed by atoms with Crippen LogP contribution in [0.4, 0.5) is 0 Å². The van der Waals surface area contributed by atoms with Gasteiger partial charge >= 0.3 is 0 Å². The molecule has 38 heavy (non-hydrogen) atoms. The molecule has 0 bridgehead atoms.